The van der Waals surface area contributed by atoms with Gasteiger partial charge in [-0.3, -0.25) is 9.59 Å². The zero-order chi connectivity index (χ0) is 28.9. The molecule has 0 radical (unpaired) electrons. The van der Waals surface area contributed by atoms with Crippen LogP contribution in [0.15, 0.2) is 72.3 Å². The van der Waals surface area contributed by atoms with E-state index < -0.39 is 23.5 Å². The van der Waals surface area contributed by atoms with Gasteiger partial charge in [-0.2, -0.15) is 0 Å². The number of phenols is 1. The van der Waals surface area contributed by atoms with Crippen LogP contribution in [-0.2, 0) is 20.9 Å². The van der Waals surface area contributed by atoms with Crippen molar-refractivity contribution >= 4 is 17.4 Å². The fourth-order valence-electron chi connectivity index (χ4n) is 5.33. The highest BCUT2D eigenvalue weighted by Gasteiger charge is 2.44. The van der Waals surface area contributed by atoms with Crippen molar-refractivity contribution in [2.24, 2.45) is 0 Å². The summed E-state index contributed by atoms with van der Waals surface area (Å²) < 4.78 is 16.6. The Morgan fingerprint density at radius 3 is 2.54 bits per heavy atom. The normalized spacial score (nSPS) is 19.0. The third kappa shape index (κ3) is 6.21. The number of aryl methyl sites for hydroxylation is 1. The molecule has 9 nitrogen and oxygen atoms in total. The third-order valence-corrected chi connectivity index (χ3v) is 7.56. The first kappa shape index (κ1) is 28.2. The van der Waals surface area contributed by atoms with E-state index in [9.17, 15) is 19.8 Å². The molecule has 2 aliphatic rings. The van der Waals surface area contributed by atoms with Crippen molar-refractivity contribution < 1.29 is 38.9 Å². The van der Waals surface area contributed by atoms with Crippen molar-refractivity contribution in [2.45, 2.75) is 19.6 Å². The first-order valence-corrected chi connectivity index (χ1v) is 13.7. The summed E-state index contributed by atoms with van der Waals surface area (Å²) in [6.07, 6.45) is 0. The molecule has 41 heavy (non-hydrogen) atoms. The maximum atomic E-state index is 13.8. The third-order valence-electron chi connectivity index (χ3n) is 7.56. The number of nitrogens with zero attached hydrogens (tertiary/aromatic N) is 1. The Kier molecular flexibility index (Phi) is 8.56. The number of quaternary nitrogens is 1. The van der Waals surface area contributed by atoms with Gasteiger partial charge in [-0.05, 0) is 47.9 Å². The summed E-state index contributed by atoms with van der Waals surface area (Å²) in [7, 11) is 1.42. The number of methoxy groups -OCH3 is 1. The van der Waals surface area contributed by atoms with Crippen molar-refractivity contribution in [3.8, 4) is 17.2 Å². The molecule has 1 atom stereocenters. The van der Waals surface area contributed by atoms with Crippen LogP contribution in [0.3, 0.4) is 0 Å². The standard InChI is InChI=1S/C32H34N2O7/c1-21-4-3-5-22(18-21)20-41-25-9-6-23(7-10-25)30(36)28-29(24-8-11-26(35)27(19-24)39-2)34(32(38)31(28)37)13-12-33-14-16-40-17-15-33/h3-11,18-19,29,35-36H,12-17,20H2,1-2H3. The van der Waals surface area contributed by atoms with E-state index in [0.717, 1.165) is 24.2 Å². The fourth-order valence-corrected chi connectivity index (χ4v) is 5.33. The van der Waals surface area contributed by atoms with E-state index in [2.05, 4.69) is 0 Å². The molecule has 2 fully saturated rings. The van der Waals surface area contributed by atoms with Gasteiger partial charge < -0.3 is 34.2 Å². The molecule has 0 saturated carbocycles. The fraction of sp³-hybridized carbons (Fsp3) is 0.312. The first-order valence-electron chi connectivity index (χ1n) is 13.7. The molecular formula is C32H34N2O7. The maximum absolute atomic E-state index is 13.8. The predicted octanol–water partition coefficient (Wildman–Crippen LogP) is 1.43. The molecule has 0 spiro atoms. The number of carbonyl (C=O) groups is 2. The minimum absolute atomic E-state index is 0.0784. The number of aromatic hydroxyl groups is 1. The molecule has 214 valence electrons. The topological polar surface area (TPSA) is 113 Å². The molecule has 3 aromatic carbocycles. The maximum Gasteiger partial charge on any atom is 0.295 e. The lowest BCUT2D eigenvalue weighted by atomic mass is 9.95. The molecule has 3 aromatic rings. The van der Waals surface area contributed by atoms with Crippen LogP contribution in [0.25, 0.3) is 5.76 Å². The van der Waals surface area contributed by atoms with Crippen LogP contribution >= 0.6 is 0 Å². The molecule has 2 heterocycles. The van der Waals surface area contributed by atoms with Gasteiger partial charge >= 0.3 is 0 Å². The number of phenolic OH excluding ortho intramolecular Hbond substituents is 1. The molecule has 1 unspecified atom stereocenters. The van der Waals surface area contributed by atoms with Gasteiger partial charge in [0.15, 0.2) is 11.5 Å². The van der Waals surface area contributed by atoms with E-state index in [1.807, 2.05) is 31.2 Å². The number of Topliss-reactive ketones (excluding diaryl/α,β-unsaturated/α-hetero) is 1. The summed E-state index contributed by atoms with van der Waals surface area (Å²) in [5.74, 6) is -1.36. The number of ether oxygens (including phenoxy) is 3. The van der Waals surface area contributed by atoms with Crippen LogP contribution in [0, 0.1) is 6.92 Å². The lowest BCUT2D eigenvalue weighted by Crippen LogP contribution is -3.14. The summed E-state index contributed by atoms with van der Waals surface area (Å²) >= 11 is 0. The van der Waals surface area contributed by atoms with Gasteiger partial charge in [0.05, 0.1) is 39.5 Å². The van der Waals surface area contributed by atoms with Crippen LogP contribution in [0.2, 0.25) is 0 Å². The van der Waals surface area contributed by atoms with Crippen molar-refractivity contribution in [2.75, 3.05) is 46.5 Å². The number of rotatable bonds is 9. The Hall–Kier alpha value is -4.34. The van der Waals surface area contributed by atoms with Gasteiger partial charge in [0, 0.05) is 5.57 Å². The summed E-state index contributed by atoms with van der Waals surface area (Å²) in [6.45, 7) is 6.19. The quantitative estimate of drug-likeness (QED) is 0.232. The highest BCUT2D eigenvalue weighted by atomic mass is 16.5. The Bertz CT molecular complexity index is 1440. The zero-order valence-electron chi connectivity index (χ0n) is 23.2. The van der Waals surface area contributed by atoms with Crippen LogP contribution in [0.4, 0.5) is 0 Å². The van der Waals surface area contributed by atoms with Crippen molar-refractivity contribution in [3.05, 3.63) is 94.6 Å². The smallest absolute Gasteiger partial charge is 0.295 e. The Labute approximate surface area is 239 Å². The number of amides is 1. The number of morpholine rings is 1. The molecule has 2 saturated heterocycles. The lowest BCUT2D eigenvalue weighted by Gasteiger charge is -2.30. The van der Waals surface area contributed by atoms with E-state index in [1.165, 1.54) is 23.0 Å². The number of likely N-dealkylation sites (tertiary alicyclic amines) is 1. The van der Waals surface area contributed by atoms with Crippen molar-refractivity contribution in [1.29, 1.82) is 0 Å². The van der Waals surface area contributed by atoms with Gasteiger partial charge in [0.25, 0.3) is 5.91 Å². The van der Waals surface area contributed by atoms with Crippen molar-refractivity contribution in [3.63, 3.8) is 0 Å². The average molecular weight is 559 g/mol. The number of hydrogen-bond acceptors (Lipinski definition) is 7. The van der Waals surface area contributed by atoms with E-state index in [4.69, 9.17) is 14.2 Å². The minimum atomic E-state index is -0.908. The summed E-state index contributed by atoms with van der Waals surface area (Å²) in [5, 5.41) is 24.0. The van der Waals surface area contributed by atoms with Crippen LogP contribution in [-0.4, -0.2) is 68.2 Å². The zero-order valence-corrected chi connectivity index (χ0v) is 23.2. The lowest BCUT2D eigenvalue weighted by molar-refractivity contribution is -0.907. The average Bonchev–Trinajstić information content (AvgIpc) is 3.24. The Morgan fingerprint density at radius 1 is 1.07 bits per heavy atom. The molecular weight excluding hydrogens is 524 g/mol. The predicted molar refractivity (Wildman–Crippen MR) is 149 cm³/mol. The molecule has 0 bridgehead atoms. The number of carbonyl (C=O) groups excluding carboxylic acids is 2. The van der Waals surface area contributed by atoms with E-state index in [1.54, 1.807) is 36.4 Å². The Morgan fingerprint density at radius 2 is 1.83 bits per heavy atom. The van der Waals surface area contributed by atoms with Gasteiger partial charge in [0.1, 0.15) is 25.4 Å². The molecule has 2 aliphatic heterocycles. The second-order valence-corrected chi connectivity index (χ2v) is 10.3. The molecule has 0 aromatic heterocycles. The summed E-state index contributed by atoms with van der Waals surface area (Å²) in [6, 6.07) is 18.3. The minimum Gasteiger partial charge on any atom is -0.872 e. The molecule has 5 rings (SSSR count). The molecule has 1 amide bonds. The second kappa shape index (κ2) is 12.4. The number of ketones is 1. The van der Waals surface area contributed by atoms with Crippen molar-refractivity contribution in [1.82, 2.24) is 4.90 Å². The van der Waals surface area contributed by atoms with E-state index in [-0.39, 0.29) is 29.2 Å². The van der Waals surface area contributed by atoms with Gasteiger partial charge in [0.2, 0.25) is 5.78 Å². The molecule has 9 heteroatoms. The van der Waals surface area contributed by atoms with Gasteiger partial charge in [-0.15, -0.1) is 0 Å². The van der Waals surface area contributed by atoms with Crippen LogP contribution in [0.1, 0.15) is 28.3 Å². The van der Waals surface area contributed by atoms with Gasteiger partial charge in [-0.25, -0.2) is 0 Å². The second-order valence-electron chi connectivity index (χ2n) is 10.3. The highest BCUT2D eigenvalue weighted by Crippen LogP contribution is 2.41. The SMILES string of the molecule is COc1cc(C2C(=C([O-])c3ccc(OCc4cccc(C)c4)cc3)C(=O)C(=O)N2CC[NH+]2CCOCC2)ccc1O. The van der Waals surface area contributed by atoms with Crippen LogP contribution < -0.4 is 19.5 Å². The number of benzene rings is 3. The van der Waals surface area contributed by atoms with Gasteiger partial charge in [-0.1, -0.05) is 53.8 Å². The number of hydrogen-bond donors (Lipinski definition) is 2. The summed E-state index contributed by atoms with van der Waals surface area (Å²) in [4.78, 5) is 29.4. The summed E-state index contributed by atoms with van der Waals surface area (Å²) in [5.41, 5.74) is 2.84. The molecule has 0 aliphatic carbocycles. The molecule has 2 N–H and O–H groups in total. The first-order chi connectivity index (χ1) is 19.9. The van der Waals surface area contributed by atoms with E-state index in [0.29, 0.717) is 37.7 Å². The highest BCUT2D eigenvalue weighted by molar-refractivity contribution is 6.46. The number of nitrogens with one attached hydrogen (secondary N) is 1. The Balaban J connectivity index is 1.44. The van der Waals surface area contributed by atoms with Crippen LogP contribution in [0.5, 0.6) is 17.2 Å². The largest absolute Gasteiger partial charge is 0.872 e. The monoisotopic (exact) mass is 558 g/mol. The van der Waals surface area contributed by atoms with E-state index >= 15 is 0 Å².